The molecular formula is C14H15BrN2. The number of hydrogen-bond donors (Lipinski definition) is 1. The highest BCUT2D eigenvalue weighted by molar-refractivity contribution is 9.10. The molecule has 1 atom stereocenters. The van der Waals surface area contributed by atoms with E-state index in [1.54, 1.807) is 0 Å². The van der Waals surface area contributed by atoms with Crippen LogP contribution >= 0.6 is 15.9 Å². The maximum atomic E-state index is 4.27. The number of hydrogen-bond acceptors (Lipinski definition) is 2. The van der Waals surface area contributed by atoms with E-state index in [0.717, 1.165) is 15.9 Å². The number of pyridine rings is 1. The summed E-state index contributed by atoms with van der Waals surface area (Å²) in [6, 6.07) is 12.6. The van der Waals surface area contributed by atoms with Gasteiger partial charge in [-0.05, 0) is 43.7 Å². The van der Waals surface area contributed by atoms with E-state index in [4.69, 9.17) is 0 Å². The zero-order valence-electron chi connectivity index (χ0n) is 9.94. The molecule has 0 aliphatic heterocycles. The third-order valence-electron chi connectivity index (χ3n) is 2.64. The summed E-state index contributed by atoms with van der Waals surface area (Å²) >= 11 is 3.49. The molecule has 0 spiro atoms. The fourth-order valence-electron chi connectivity index (χ4n) is 1.66. The van der Waals surface area contributed by atoms with Crippen molar-refractivity contribution in [3.8, 4) is 0 Å². The first-order valence-electron chi connectivity index (χ1n) is 5.60. The van der Waals surface area contributed by atoms with Crippen LogP contribution in [-0.2, 0) is 0 Å². The molecule has 88 valence electrons. The number of halogens is 1. The van der Waals surface area contributed by atoms with Crippen molar-refractivity contribution in [3.63, 3.8) is 0 Å². The summed E-state index contributed by atoms with van der Waals surface area (Å²) in [5, 5.41) is 3.43. The van der Waals surface area contributed by atoms with E-state index in [1.807, 2.05) is 31.3 Å². The van der Waals surface area contributed by atoms with E-state index in [-0.39, 0.29) is 6.04 Å². The van der Waals surface area contributed by atoms with Crippen LogP contribution in [0.5, 0.6) is 0 Å². The molecular weight excluding hydrogens is 276 g/mol. The van der Waals surface area contributed by atoms with Gasteiger partial charge in [0, 0.05) is 16.2 Å². The van der Waals surface area contributed by atoms with Crippen molar-refractivity contribution in [2.45, 2.75) is 19.9 Å². The Labute approximate surface area is 110 Å². The minimum absolute atomic E-state index is 0.261. The van der Waals surface area contributed by atoms with E-state index in [9.17, 15) is 0 Å². The Kier molecular flexibility index (Phi) is 3.79. The Morgan fingerprint density at radius 2 is 2.06 bits per heavy atom. The van der Waals surface area contributed by atoms with Gasteiger partial charge in [-0.15, -0.1) is 0 Å². The van der Waals surface area contributed by atoms with Crippen LogP contribution in [0.15, 0.2) is 47.1 Å². The van der Waals surface area contributed by atoms with Crippen LogP contribution in [0.2, 0.25) is 0 Å². The number of anilines is 1. The second-order valence-corrected chi connectivity index (χ2v) is 5.02. The van der Waals surface area contributed by atoms with Gasteiger partial charge in [0.05, 0.1) is 11.9 Å². The molecule has 0 saturated carbocycles. The van der Waals surface area contributed by atoms with Crippen LogP contribution in [-0.4, -0.2) is 4.98 Å². The fraction of sp³-hybridized carbons (Fsp3) is 0.214. The van der Waals surface area contributed by atoms with Gasteiger partial charge in [-0.1, -0.05) is 28.1 Å². The number of benzene rings is 1. The van der Waals surface area contributed by atoms with Crippen molar-refractivity contribution in [2.75, 3.05) is 5.32 Å². The lowest BCUT2D eigenvalue weighted by atomic mass is 10.1. The van der Waals surface area contributed by atoms with Crippen LogP contribution < -0.4 is 5.32 Å². The SMILES string of the molecule is Cc1ccc(NC(C)c2cccc(Br)c2)cn1. The van der Waals surface area contributed by atoms with Crippen LogP contribution in [0.3, 0.4) is 0 Å². The highest BCUT2D eigenvalue weighted by atomic mass is 79.9. The van der Waals surface area contributed by atoms with Crippen LogP contribution in [0.25, 0.3) is 0 Å². The lowest BCUT2D eigenvalue weighted by molar-refractivity contribution is 0.881. The monoisotopic (exact) mass is 290 g/mol. The standard InChI is InChI=1S/C14H15BrN2/c1-10-6-7-14(9-16-10)17-11(2)12-4-3-5-13(15)8-12/h3-9,11,17H,1-2H3. The van der Waals surface area contributed by atoms with E-state index in [0.29, 0.717) is 0 Å². The summed E-state index contributed by atoms with van der Waals surface area (Å²) in [6.45, 7) is 4.13. The molecule has 1 unspecified atom stereocenters. The third-order valence-corrected chi connectivity index (χ3v) is 3.14. The zero-order valence-corrected chi connectivity index (χ0v) is 11.5. The van der Waals surface area contributed by atoms with Gasteiger partial charge in [0.15, 0.2) is 0 Å². The Morgan fingerprint density at radius 1 is 1.24 bits per heavy atom. The lowest BCUT2D eigenvalue weighted by Gasteiger charge is -2.15. The summed E-state index contributed by atoms with van der Waals surface area (Å²) in [6.07, 6.45) is 1.86. The molecule has 0 fully saturated rings. The second kappa shape index (κ2) is 5.32. The van der Waals surface area contributed by atoms with Crippen molar-refractivity contribution in [1.29, 1.82) is 0 Å². The third kappa shape index (κ3) is 3.30. The molecule has 17 heavy (non-hydrogen) atoms. The van der Waals surface area contributed by atoms with Gasteiger partial charge in [0.2, 0.25) is 0 Å². The number of aromatic nitrogens is 1. The molecule has 0 aliphatic rings. The molecule has 0 bridgehead atoms. The topological polar surface area (TPSA) is 24.9 Å². The normalized spacial score (nSPS) is 12.2. The average Bonchev–Trinajstić information content (AvgIpc) is 2.32. The highest BCUT2D eigenvalue weighted by Gasteiger charge is 2.05. The lowest BCUT2D eigenvalue weighted by Crippen LogP contribution is -2.06. The van der Waals surface area contributed by atoms with Crippen LogP contribution in [0.1, 0.15) is 24.2 Å². The number of aryl methyl sites for hydroxylation is 1. The molecule has 1 heterocycles. The Morgan fingerprint density at radius 3 is 2.71 bits per heavy atom. The van der Waals surface area contributed by atoms with Gasteiger partial charge < -0.3 is 5.32 Å². The van der Waals surface area contributed by atoms with Crippen molar-refractivity contribution in [2.24, 2.45) is 0 Å². The van der Waals surface area contributed by atoms with Gasteiger partial charge >= 0.3 is 0 Å². The number of rotatable bonds is 3. The minimum atomic E-state index is 0.261. The molecule has 1 aromatic carbocycles. The van der Waals surface area contributed by atoms with Gasteiger partial charge in [0.25, 0.3) is 0 Å². The van der Waals surface area contributed by atoms with Gasteiger partial charge in [-0.25, -0.2) is 0 Å². The molecule has 1 aromatic heterocycles. The smallest absolute Gasteiger partial charge is 0.0531 e. The predicted octanol–water partition coefficient (Wildman–Crippen LogP) is 4.33. The fourth-order valence-corrected chi connectivity index (χ4v) is 2.08. The van der Waals surface area contributed by atoms with Crippen molar-refractivity contribution in [3.05, 3.63) is 58.3 Å². The van der Waals surface area contributed by atoms with Gasteiger partial charge in [-0.3, -0.25) is 4.98 Å². The molecule has 0 aliphatic carbocycles. The summed E-state index contributed by atoms with van der Waals surface area (Å²) < 4.78 is 1.10. The summed E-state index contributed by atoms with van der Waals surface area (Å²) in [7, 11) is 0. The maximum Gasteiger partial charge on any atom is 0.0531 e. The molecule has 3 heteroatoms. The Balaban J connectivity index is 2.11. The van der Waals surface area contributed by atoms with Gasteiger partial charge in [0.1, 0.15) is 0 Å². The van der Waals surface area contributed by atoms with Crippen LogP contribution in [0.4, 0.5) is 5.69 Å². The molecule has 0 radical (unpaired) electrons. The van der Waals surface area contributed by atoms with Crippen molar-refractivity contribution in [1.82, 2.24) is 4.98 Å². The summed E-state index contributed by atoms with van der Waals surface area (Å²) in [5.41, 5.74) is 3.33. The minimum Gasteiger partial charge on any atom is -0.377 e. The molecule has 2 rings (SSSR count). The summed E-state index contributed by atoms with van der Waals surface area (Å²) in [4.78, 5) is 4.27. The quantitative estimate of drug-likeness (QED) is 0.910. The van der Waals surface area contributed by atoms with Crippen molar-refractivity contribution >= 4 is 21.6 Å². The average molecular weight is 291 g/mol. The first-order valence-corrected chi connectivity index (χ1v) is 6.39. The highest BCUT2D eigenvalue weighted by Crippen LogP contribution is 2.21. The summed E-state index contributed by atoms with van der Waals surface area (Å²) in [5.74, 6) is 0. The van der Waals surface area contributed by atoms with E-state index in [2.05, 4.69) is 51.4 Å². The first-order chi connectivity index (χ1) is 8.15. The largest absolute Gasteiger partial charge is 0.377 e. The molecule has 2 aromatic rings. The molecule has 2 nitrogen and oxygen atoms in total. The number of nitrogens with one attached hydrogen (secondary N) is 1. The first kappa shape index (κ1) is 12.1. The molecule has 1 N–H and O–H groups in total. The zero-order chi connectivity index (χ0) is 12.3. The van der Waals surface area contributed by atoms with Gasteiger partial charge in [-0.2, -0.15) is 0 Å². The Hall–Kier alpha value is -1.35. The predicted molar refractivity (Wildman–Crippen MR) is 75.2 cm³/mol. The molecule has 0 amide bonds. The maximum absolute atomic E-state index is 4.27. The van der Waals surface area contributed by atoms with E-state index in [1.165, 1.54) is 5.56 Å². The molecule has 0 saturated heterocycles. The van der Waals surface area contributed by atoms with E-state index < -0.39 is 0 Å². The van der Waals surface area contributed by atoms with Crippen LogP contribution in [0, 0.1) is 6.92 Å². The van der Waals surface area contributed by atoms with Crippen molar-refractivity contribution < 1.29 is 0 Å². The Bertz CT molecular complexity index is 494. The second-order valence-electron chi connectivity index (χ2n) is 4.11. The van der Waals surface area contributed by atoms with E-state index >= 15 is 0 Å². The number of nitrogens with zero attached hydrogens (tertiary/aromatic N) is 1.